The molecule has 0 amide bonds. The molecule has 0 saturated heterocycles. The molecular formula is C28H20ClFN2O2S. The minimum absolute atomic E-state index is 0.197. The number of fused-ring (bicyclic) bond motifs is 3. The minimum atomic E-state index is -0.474. The van der Waals surface area contributed by atoms with Crippen molar-refractivity contribution in [3.8, 4) is 5.75 Å². The maximum absolute atomic E-state index is 14.5. The Hall–Kier alpha value is -3.48. The van der Waals surface area contributed by atoms with E-state index in [9.17, 15) is 9.18 Å². The molecular weight excluding hydrogens is 483 g/mol. The number of aromatic nitrogens is 1. The summed E-state index contributed by atoms with van der Waals surface area (Å²) in [4.78, 5) is 19.3. The molecule has 2 heterocycles. The molecule has 2 aliphatic rings. The largest absolute Gasteiger partial charge is 0.496 e. The van der Waals surface area contributed by atoms with Crippen LogP contribution in [-0.4, -0.2) is 11.7 Å². The first-order valence-corrected chi connectivity index (χ1v) is 12.5. The molecule has 1 aliphatic carbocycles. The molecule has 1 aromatic heterocycles. The van der Waals surface area contributed by atoms with Crippen LogP contribution in [0.15, 0.2) is 82.1 Å². The highest BCUT2D eigenvalue weighted by molar-refractivity contribution is 7.07. The summed E-state index contributed by atoms with van der Waals surface area (Å²) in [6.45, 7) is 0. The highest BCUT2D eigenvalue weighted by Gasteiger charge is 2.34. The molecule has 35 heavy (non-hydrogen) atoms. The van der Waals surface area contributed by atoms with Crippen LogP contribution in [0.5, 0.6) is 5.75 Å². The average molecular weight is 503 g/mol. The number of aryl methyl sites for hydroxylation is 1. The van der Waals surface area contributed by atoms with Crippen LogP contribution < -0.4 is 19.6 Å². The second-order valence-electron chi connectivity index (χ2n) is 8.49. The molecule has 3 aromatic carbocycles. The Morgan fingerprint density at radius 1 is 1.09 bits per heavy atom. The Labute approximate surface area is 209 Å². The van der Waals surface area contributed by atoms with E-state index in [0.717, 1.165) is 35.2 Å². The summed E-state index contributed by atoms with van der Waals surface area (Å²) in [7, 11) is 1.63. The van der Waals surface area contributed by atoms with E-state index in [0.29, 0.717) is 15.1 Å². The van der Waals surface area contributed by atoms with Crippen LogP contribution in [0.3, 0.4) is 0 Å². The smallest absolute Gasteiger partial charge is 0.271 e. The van der Waals surface area contributed by atoms with Gasteiger partial charge in [-0.15, -0.1) is 0 Å². The summed E-state index contributed by atoms with van der Waals surface area (Å²) >= 11 is 7.50. The zero-order chi connectivity index (χ0) is 24.1. The quantitative estimate of drug-likeness (QED) is 0.390. The molecule has 1 unspecified atom stereocenters. The number of allylic oxidation sites excluding steroid dienone is 1. The Morgan fingerprint density at radius 2 is 1.89 bits per heavy atom. The van der Waals surface area contributed by atoms with E-state index in [1.165, 1.54) is 29.0 Å². The van der Waals surface area contributed by atoms with Crippen molar-refractivity contribution in [1.29, 1.82) is 0 Å². The maximum Gasteiger partial charge on any atom is 0.271 e. The standard InChI is InChI=1S/C28H20ClFN2O2S/c1-34-23-12-5-4-9-18(23)26-19-14-13-16-7-2-3-8-17(16)25(19)31-28-32(26)27(33)24(35-28)15-20-21(29)10-6-11-22(20)30/h2-12,15,26H,13-14H2,1H3/b24-15-. The molecule has 174 valence electrons. The van der Waals surface area contributed by atoms with Gasteiger partial charge >= 0.3 is 0 Å². The van der Waals surface area contributed by atoms with Gasteiger partial charge in [-0.3, -0.25) is 9.36 Å². The predicted octanol–water partition coefficient (Wildman–Crippen LogP) is 5.12. The summed E-state index contributed by atoms with van der Waals surface area (Å²) in [5, 5.41) is 0.255. The maximum atomic E-state index is 14.5. The molecule has 0 fully saturated rings. The van der Waals surface area contributed by atoms with E-state index >= 15 is 0 Å². The fraction of sp³-hybridized carbons (Fsp3) is 0.143. The summed E-state index contributed by atoms with van der Waals surface area (Å²) in [5.74, 6) is 0.231. The van der Waals surface area contributed by atoms with Crippen LogP contribution in [0.4, 0.5) is 4.39 Å². The molecule has 1 aliphatic heterocycles. The topological polar surface area (TPSA) is 43.6 Å². The summed E-state index contributed by atoms with van der Waals surface area (Å²) in [6.07, 6.45) is 3.17. The third kappa shape index (κ3) is 3.56. The number of hydrogen-bond acceptors (Lipinski definition) is 4. The van der Waals surface area contributed by atoms with E-state index in [-0.39, 0.29) is 22.2 Å². The van der Waals surface area contributed by atoms with Gasteiger partial charge in [-0.05, 0) is 48.3 Å². The van der Waals surface area contributed by atoms with Crippen LogP contribution in [0, 0.1) is 5.82 Å². The average Bonchev–Trinajstić information content (AvgIpc) is 3.19. The lowest BCUT2D eigenvalue weighted by Gasteiger charge is -2.31. The fourth-order valence-corrected chi connectivity index (χ4v) is 6.17. The van der Waals surface area contributed by atoms with Gasteiger partial charge in [-0.25, -0.2) is 9.38 Å². The van der Waals surface area contributed by atoms with Crippen LogP contribution in [0.2, 0.25) is 5.02 Å². The van der Waals surface area contributed by atoms with Gasteiger partial charge in [0.25, 0.3) is 5.56 Å². The molecule has 1 atom stereocenters. The van der Waals surface area contributed by atoms with Crippen LogP contribution in [0.1, 0.15) is 34.7 Å². The van der Waals surface area contributed by atoms with Crippen molar-refractivity contribution in [2.75, 3.05) is 7.11 Å². The highest BCUT2D eigenvalue weighted by Crippen LogP contribution is 2.43. The molecule has 4 aromatic rings. The zero-order valence-corrected chi connectivity index (χ0v) is 20.4. The second-order valence-corrected chi connectivity index (χ2v) is 9.91. The van der Waals surface area contributed by atoms with Crippen molar-refractivity contribution in [2.24, 2.45) is 4.99 Å². The summed E-state index contributed by atoms with van der Waals surface area (Å²) < 4.78 is 22.3. The van der Waals surface area contributed by atoms with Crippen LogP contribution >= 0.6 is 22.9 Å². The third-order valence-electron chi connectivity index (χ3n) is 6.58. The Bertz CT molecular complexity index is 1680. The Morgan fingerprint density at radius 3 is 2.71 bits per heavy atom. The monoisotopic (exact) mass is 502 g/mol. The number of thiazole rings is 1. The second kappa shape index (κ2) is 8.63. The molecule has 0 saturated carbocycles. The van der Waals surface area contributed by atoms with Crippen molar-refractivity contribution in [1.82, 2.24) is 4.57 Å². The highest BCUT2D eigenvalue weighted by atomic mass is 35.5. The number of ether oxygens (including phenoxy) is 1. The van der Waals surface area contributed by atoms with Gasteiger partial charge in [0.2, 0.25) is 0 Å². The van der Waals surface area contributed by atoms with Gasteiger partial charge in [0.1, 0.15) is 11.6 Å². The first-order valence-electron chi connectivity index (χ1n) is 11.3. The number of para-hydroxylation sites is 1. The predicted molar refractivity (Wildman–Crippen MR) is 137 cm³/mol. The molecule has 6 rings (SSSR count). The van der Waals surface area contributed by atoms with Gasteiger partial charge < -0.3 is 4.74 Å². The minimum Gasteiger partial charge on any atom is -0.496 e. The number of nitrogens with zero attached hydrogens (tertiary/aromatic N) is 2. The summed E-state index contributed by atoms with van der Waals surface area (Å²) in [6, 6.07) is 20.1. The van der Waals surface area contributed by atoms with E-state index in [2.05, 4.69) is 12.1 Å². The SMILES string of the molecule is COc1ccccc1C1C2=C(N=c3s/c(=C\c4c(F)cccc4Cl)c(=O)n31)c1ccccc1CC2. The number of methoxy groups -OCH3 is 1. The van der Waals surface area contributed by atoms with E-state index in [4.69, 9.17) is 21.3 Å². The van der Waals surface area contributed by atoms with Gasteiger partial charge in [0, 0.05) is 16.7 Å². The molecule has 0 N–H and O–H groups in total. The number of benzene rings is 3. The molecule has 0 bridgehead atoms. The Kier molecular flexibility index (Phi) is 5.43. The first kappa shape index (κ1) is 22.0. The first-order chi connectivity index (χ1) is 17.1. The van der Waals surface area contributed by atoms with Gasteiger partial charge in [-0.2, -0.15) is 0 Å². The number of hydrogen-bond donors (Lipinski definition) is 0. The summed E-state index contributed by atoms with van der Waals surface area (Å²) in [5.41, 5.74) is 5.18. The molecule has 0 radical (unpaired) electrons. The van der Waals surface area contributed by atoms with Crippen molar-refractivity contribution >= 4 is 34.7 Å². The fourth-order valence-electron chi connectivity index (χ4n) is 4.97. The van der Waals surface area contributed by atoms with E-state index in [1.807, 2.05) is 36.4 Å². The van der Waals surface area contributed by atoms with Crippen molar-refractivity contribution in [3.63, 3.8) is 0 Å². The van der Waals surface area contributed by atoms with Crippen LogP contribution in [0.25, 0.3) is 11.8 Å². The lowest BCUT2D eigenvalue weighted by Crippen LogP contribution is -2.39. The third-order valence-corrected chi connectivity index (χ3v) is 7.89. The lowest BCUT2D eigenvalue weighted by atomic mass is 9.83. The Balaban J connectivity index is 1.67. The molecule has 4 nitrogen and oxygen atoms in total. The lowest BCUT2D eigenvalue weighted by molar-refractivity contribution is 0.402. The number of halogens is 2. The van der Waals surface area contributed by atoms with Crippen LogP contribution in [-0.2, 0) is 6.42 Å². The van der Waals surface area contributed by atoms with Crippen molar-refractivity contribution in [2.45, 2.75) is 18.9 Å². The molecule has 0 spiro atoms. The number of rotatable bonds is 3. The zero-order valence-electron chi connectivity index (χ0n) is 18.8. The van der Waals surface area contributed by atoms with Crippen molar-refractivity contribution < 1.29 is 9.13 Å². The van der Waals surface area contributed by atoms with Crippen molar-refractivity contribution in [3.05, 3.63) is 125 Å². The van der Waals surface area contributed by atoms with E-state index in [1.54, 1.807) is 23.8 Å². The van der Waals surface area contributed by atoms with Gasteiger partial charge in [0.05, 0.1) is 28.4 Å². The van der Waals surface area contributed by atoms with Gasteiger partial charge in [0.15, 0.2) is 4.80 Å². The van der Waals surface area contributed by atoms with E-state index < -0.39 is 5.82 Å². The van der Waals surface area contributed by atoms with Gasteiger partial charge in [-0.1, -0.05) is 71.5 Å². The normalized spacial score (nSPS) is 16.9. The molecule has 7 heteroatoms.